The van der Waals surface area contributed by atoms with E-state index in [1.165, 1.54) is 6.92 Å². The number of hydrogen-bond acceptors (Lipinski definition) is 3. The summed E-state index contributed by atoms with van der Waals surface area (Å²) in [5.41, 5.74) is 0.144. The summed E-state index contributed by atoms with van der Waals surface area (Å²) < 4.78 is 27.1. The highest BCUT2D eigenvalue weighted by molar-refractivity contribution is 7.89. The Balaban J connectivity index is 2.47. The monoisotopic (exact) mass is 272 g/mol. The molecule has 0 aromatic carbocycles. The smallest absolute Gasteiger partial charge is 0.352 e. The van der Waals surface area contributed by atoms with Gasteiger partial charge in [0.05, 0.1) is 0 Å². The van der Waals surface area contributed by atoms with Crippen molar-refractivity contribution in [1.29, 1.82) is 0 Å². The number of hydrogen-bond donors (Lipinski definition) is 3. The second kappa shape index (κ2) is 3.83. The van der Waals surface area contributed by atoms with E-state index in [0.717, 1.165) is 12.8 Å². The first-order valence-corrected chi connectivity index (χ1v) is 7.11. The summed E-state index contributed by atoms with van der Waals surface area (Å²) >= 11 is 0. The number of carbonyl (C=O) groups is 1. The van der Waals surface area contributed by atoms with E-state index in [1.807, 2.05) is 6.92 Å². The van der Waals surface area contributed by atoms with Crippen molar-refractivity contribution >= 4 is 16.0 Å². The number of carboxylic acid groups (broad SMARTS) is 1. The van der Waals surface area contributed by atoms with Crippen molar-refractivity contribution in [2.24, 2.45) is 0 Å². The molecule has 18 heavy (non-hydrogen) atoms. The van der Waals surface area contributed by atoms with Gasteiger partial charge < -0.3 is 10.1 Å². The number of nitrogens with one attached hydrogen (secondary N) is 2. The van der Waals surface area contributed by atoms with Gasteiger partial charge in [0.15, 0.2) is 0 Å². The van der Waals surface area contributed by atoms with Crippen LogP contribution >= 0.6 is 0 Å². The number of aromatic carboxylic acids is 1. The maximum Gasteiger partial charge on any atom is 0.352 e. The lowest BCUT2D eigenvalue weighted by Crippen LogP contribution is -2.34. The molecule has 1 saturated carbocycles. The topological polar surface area (TPSA) is 99.3 Å². The fourth-order valence-electron chi connectivity index (χ4n) is 2.01. The minimum Gasteiger partial charge on any atom is -0.477 e. The molecule has 0 aliphatic heterocycles. The molecular formula is C11H16N2O4S. The summed E-state index contributed by atoms with van der Waals surface area (Å²) in [4.78, 5) is 13.6. The Morgan fingerprint density at radius 3 is 2.33 bits per heavy atom. The summed E-state index contributed by atoms with van der Waals surface area (Å²) in [5.74, 6) is -1.16. The van der Waals surface area contributed by atoms with Gasteiger partial charge in [-0.3, -0.25) is 0 Å². The molecule has 0 spiro atoms. The molecule has 1 aliphatic rings. The lowest BCUT2D eigenvalue weighted by Gasteiger charge is -2.12. The maximum atomic E-state index is 12.2. The fourth-order valence-corrected chi connectivity index (χ4v) is 3.93. The van der Waals surface area contributed by atoms with Gasteiger partial charge in [-0.25, -0.2) is 17.9 Å². The highest BCUT2D eigenvalue weighted by Crippen LogP contribution is 2.36. The Morgan fingerprint density at radius 2 is 1.94 bits per heavy atom. The first kappa shape index (κ1) is 13.1. The van der Waals surface area contributed by atoms with Crippen molar-refractivity contribution < 1.29 is 18.3 Å². The van der Waals surface area contributed by atoms with Crippen LogP contribution in [-0.2, 0) is 10.0 Å². The van der Waals surface area contributed by atoms with Gasteiger partial charge in [0.1, 0.15) is 10.6 Å². The lowest BCUT2D eigenvalue weighted by atomic mass is 10.2. The van der Waals surface area contributed by atoms with Crippen LogP contribution in [0.2, 0.25) is 0 Å². The van der Waals surface area contributed by atoms with Crippen molar-refractivity contribution in [3.63, 3.8) is 0 Å². The van der Waals surface area contributed by atoms with Crippen LogP contribution in [0.15, 0.2) is 4.90 Å². The Morgan fingerprint density at radius 1 is 1.39 bits per heavy atom. The zero-order valence-electron chi connectivity index (χ0n) is 10.5. The van der Waals surface area contributed by atoms with Crippen LogP contribution in [0.1, 0.15) is 41.5 Å². The van der Waals surface area contributed by atoms with E-state index in [0.29, 0.717) is 5.69 Å². The van der Waals surface area contributed by atoms with E-state index in [2.05, 4.69) is 9.71 Å². The fraction of sp³-hybridized carbons (Fsp3) is 0.545. The van der Waals surface area contributed by atoms with Crippen LogP contribution < -0.4 is 4.72 Å². The highest BCUT2D eigenvalue weighted by Gasteiger charge is 2.42. The number of H-pyrrole nitrogens is 1. The molecule has 0 saturated heterocycles. The number of rotatable bonds is 4. The van der Waals surface area contributed by atoms with Gasteiger partial charge in [-0.2, -0.15) is 0 Å². The van der Waals surface area contributed by atoms with Crippen LogP contribution in [0.4, 0.5) is 0 Å². The molecule has 0 amide bonds. The summed E-state index contributed by atoms with van der Waals surface area (Å²) in [6.45, 7) is 4.89. The second-order valence-electron chi connectivity index (χ2n) is 5.05. The first-order chi connectivity index (χ1) is 8.16. The van der Waals surface area contributed by atoms with E-state index in [4.69, 9.17) is 5.11 Å². The summed E-state index contributed by atoms with van der Waals surface area (Å²) in [5, 5.41) is 8.97. The van der Waals surface area contributed by atoms with Crippen LogP contribution in [-0.4, -0.2) is 30.0 Å². The number of aromatic nitrogens is 1. The van der Waals surface area contributed by atoms with Gasteiger partial charge in [-0.1, -0.05) is 0 Å². The first-order valence-electron chi connectivity index (χ1n) is 5.63. The summed E-state index contributed by atoms with van der Waals surface area (Å²) in [7, 11) is -3.67. The van der Waals surface area contributed by atoms with Crippen LogP contribution in [0.3, 0.4) is 0 Å². The van der Waals surface area contributed by atoms with E-state index in [-0.39, 0.29) is 21.7 Å². The van der Waals surface area contributed by atoms with E-state index in [9.17, 15) is 13.2 Å². The molecular weight excluding hydrogens is 256 g/mol. The molecule has 0 radical (unpaired) electrons. The van der Waals surface area contributed by atoms with Crippen LogP contribution in [0.5, 0.6) is 0 Å². The predicted octanol–water partition coefficient (Wildman–Crippen LogP) is 1.16. The second-order valence-corrected chi connectivity index (χ2v) is 6.67. The van der Waals surface area contributed by atoms with Gasteiger partial charge >= 0.3 is 5.97 Å². The highest BCUT2D eigenvalue weighted by atomic mass is 32.2. The standard InChI is InChI=1S/C11H16N2O4S/c1-6-8(10(14)15)12-7(2)9(6)18(16,17)13-11(3)4-5-11/h12-13H,4-5H2,1-3H3,(H,14,15). The van der Waals surface area contributed by atoms with Crippen LogP contribution in [0, 0.1) is 13.8 Å². The molecule has 0 bridgehead atoms. The van der Waals surface area contributed by atoms with Gasteiger partial charge in [0.25, 0.3) is 0 Å². The third kappa shape index (κ3) is 2.15. The Bertz CT molecular complexity index is 611. The van der Waals surface area contributed by atoms with Gasteiger partial charge in [0.2, 0.25) is 10.0 Å². The van der Waals surface area contributed by atoms with Gasteiger partial charge in [-0.05, 0) is 33.6 Å². The normalized spacial score (nSPS) is 17.7. The lowest BCUT2D eigenvalue weighted by molar-refractivity contribution is 0.0690. The van der Waals surface area contributed by atoms with Crippen molar-refractivity contribution in [2.45, 2.75) is 44.0 Å². The average molecular weight is 272 g/mol. The SMILES string of the molecule is Cc1[nH]c(C(=O)O)c(C)c1S(=O)(=O)NC1(C)CC1. The Labute approximate surface area is 105 Å². The summed E-state index contributed by atoms with van der Waals surface area (Å²) in [6, 6.07) is 0. The molecule has 0 unspecified atom stereocenters. The zero-order chi connectivity index (χ0) is 13.7. The predicted molar refractivity (Wildman–Crippen MR) is 65.2 cm³/mol. The van der Waals surface area contributed by atoms with E-state index in [1.54, 1.807) is 6.92 Å². The van der Waals surface area contributed by atoms with Gasteiger partial charge in [-0.15, -0.1) is 0 Å². The molecule has 6 nitrogen and oxygen atoms in total. The number of aromatic amines is 1. The Hall–Kier alpha value is -1.34. The van der Waals surface area contributed by atoms with Crippen molar-refractivity contribution in [1.82, 2.24) is 9.71 Å². The summed E-state index contributed by atoms with van der Waals surface area (Å²) in [6.07, 6.45) is 1.61. The number of aryl methyl sites for hydroxylation is 1. The zero-order valence-corrected chi connectivity index (χ0v) is 11.3. The minimum absolute atomic E-state index is 0.0491. The van der Waals surface area contributed by atoms with Gasteiger partial charge in [0, 0.05) is 16.8 Å². The minimum atomic E-state index is -3.67. The number of carboxylic acids is 1. The maximum absolute atomic E-state index is 12.2. The molecule has 1 fully saturated rings. The average Bonchev–Trinajstić information content (AvgIpc) is 2.80. The molecule has 100 valence electrons. The quantitative estimate of drug-likeness (QED) is 0.765. The number of sulfonamides is 1. The van der Waals surface area contributed by atoms with E-state index >= 15 is 0 Å². The Kier molecular flexibility index (Phi) is 2.78. The molecule has 7 heteroatoms. The van der Waals surface area contributed by atoms with Crippen LogP contribution in [0.25, 0.3) is 0 Å². The molecule has 1 aromatic rings. The molecule has 2 rings (SSSR count). The third-order valence-corrected chi connectivity index (χ3v) is 5.14. The van der Waals surface area contributed by atoms with E-state index < -0.39 is 16.0 Å². The molecule has 1 aliphatic carbocycles. The third-order valence-electron chi connectivity index (χ3n) is 3.23. The molecule has 1 aromatic heterocycles. The van der Waals surface area contributed by atoms with Crippen molar-refractivity contribution in [2.75, 3.05) is 0 Å². The molecule has 0 atom stereocenters. The van der Waals surface area contributed by atoms with Crippen molar-refractivity contribution in [3.05, 3.63) is 17.0 Å². The molecule has 3 N–H and O–H groups in total. The molecule has 1 heterocycles. The largest absolute Gasteiger partial charge is 0.477 e. The van der Waals surface area contributed by atoms with Crippen molar-refractivity contribution in [3.8, 4) is 0 Å².